The highest BCUT2D eigenvalue weighted by Gasteiger charge is 2.33. The normalized spacial score (nSPS) is 22.1. The van der Waals surface area contributed by atoms with Crippen molar-refractivity contribution in [3.8, 4) is 11.5 Å². The maximum atomic E-state index is 12.1. The second kappa shape index (κ2) is 6.33. The maximum Gasteiger partial charge on any atom is 0.133 e. The van der Waals surface area contributed by atoms with Gasteiger partial charge in [0, 0.05) is 17.9 Å². The lowest BCUT2D eigenvalue weighted by Gasteiger charge is -2.32. The van der Waals surface area contributed by atoms with Crippen LogP contribution >= 0.6 is 0 Å². The summed E-state index contributed by atoms with van der Waals surface area (Å²) in [5, 5.41) is 0. The number of ketones is 1. The Balaban J connectivity index is 2.45. The highest BCUT2D eigenvalue weighted by Crippen LogP contribution is 2.44. The van der Waals surface area contributed by atoms with E-state index in [0.717, 1.165) is 29.9 Å². The number of ether oxygens (including phenoxy) is 2. The molecule has 1 aliphatic rings. The fraction of sp³-hybridized carbons (Fsp3) is 0.500. The van der Waals surface area contributed by atoms with Crippen LogP contribution in [-0.2, 0) is 4.79 Å². The summed E-state index contributed by atoms with van der Waals surface area (Å²) in [4.78, 5) is 12.1. The Labute approximate surface area is 127 Å². The molecule has 21 heavy (non-hydrogen) atoms. The van der Waals surface area contributed by atoms with Crippen molar-refractivity contribution in [3.05, 3.63) is 34.9 Å². The summed E-state index contributed by atoms with van der Waals surface area (Å²) in [6.45, 7) is 5.99. The van der Waals surface area contributed by atoms with Gasteiger partial charge >= 0.3 is 0 Å². The Morgan fingerprint density at radius 1 is 1.10 bits per heavy atom. The Kier molecular flexibility index (Phi) is 4.71. The van der Waals surface area contributed by atoms with Gasteiger partial charge in [0.05, 0.1) is 14.2 Å². The van der Waals surface area contributed by atoms with E-state index >= 15 is 0 Å². The quantitative estimate of drug-likeness (QED) is 0.782. The summed E-state index contributed by atoms with van der Waals surface area (Å²) in [6.07, 6.45) is 1.76. The van der Waals surface area contributed by atoms with Gasteiger partial charge in [-0.2, -0.15) is 0 Å². The van der Waals surface area contributed by atoms with Gasteiger partial charge in [0.15, 0.2) is 0 Å². The molecule has 0 saturated carbocycles. The van der Waals surface area contributed by atoms with Crippen molar-refractivity contribution in [2.75, 3.05) is 14.2 Å². The monoisotopic (exact) mass is 288 g/mol. The SMILES string of the molecule is COc1ccc([C@@H]2CC(C)=C(C)C[C@H]2C(C)=O)c(OC)c1. The molecule has 0 N–H and O–H groups in total. The molecule has 2 rings (SSSR count). The van der Waals surface area contributed by atoms with Crippen LogP contribution in [0.3, 0.4) is 0 Å². The van der Waals surface area contributed by atoms with Gasteiger partial charge in [-0.3, -0.25) is 4.79 Å². The maximum absolute atomic E-state index is 12.1. The summed E-state index contributed by atoms with van der Waals surface area (Å²) in [7, 11) is 3.31. The summed E-state index contributed by atoms with van der Waals surface area (Å²) >= 11 is 0. The molecular formula is C18H24O3. The van der Waals surface area contributed by atoms with Crippen molar-refractivity contribution >= 4 is 5.78 Å². The number of carbonyl (C=O) groups is 1. The Hall–Kier alpha value is -1.77. The molecular weight excluding hydrogens is 264 g/mol. The van der Waals surface area contributed by atoms with Crippen LogP contribution in [0.4, 0.5) is 0 Å². The zero-order chi connectivity index (χ0) is 15.6. The van der Waals surface area contributed by atoms with Crippen molar-refractivity contribution in [3.63, 3.8) is 0 Å². The van der Waals surface area contributed by atoms with Crippen molar-refractivity contribution in [2.45, 2.75) is 39.5 Å². The number of allylic oxidation sites excluding steroid dienone is 2. The Morgan fingerprint density at radius 3 is 2.33 bits per heavy atom. The van der Waals surface area contributed by atoms with E-state index in [4.69, 9.17) is 9.47 Å². The first-order valence-corrected chi connectivity index (χ1v) is 7.35. The topological polar surface area (TPSA) is 35.5 Å². The molecule has 0 saturated heterocycles. The molecule has 0 unspecified atom stereocenters. The minimum atomic E-state index is 0.0380. The van der Waals surface area contributed by atoms with E-state index in [-0.39, 0.29) is 17.6 Å². The van der Waals surface area contributed by atoms with E-state index in [1.807, 2.05) is 18.2 Å². The van der Waals surface area contributed by atoms with E-state index in [1.54, 1.807) is 21.1 Å². The van der Waals surface area contributed by atoms with Crippen LogP contribution in [0.25, 0.3) is 0 Å². The zero-order valence-electron chi connectivity index (χ0n) is 13.5. The van der Waals surface area contributed by atoms with Crippen LogP contribution in [0.1, 0.15) is 45.1 Å². The van der Waals surface area contributed by atoms with Gasteiger partial charge in [-0.1, -0.05) is 17.2 Å². The van der Waals surface area contributed by atoms with E-state index in [0.29, 0.717) is 0 Å². The average Bonchev–Trinajstić information content (AvgIpc) is 2.48. The van der Waals surface area contributed by atoms with Gasteiger partial charge in [0.1, 0.15) is 17.3 Å². The van der Waals surface area contributed by atoms with Crippen molar-refractivity contribution in [1.29, 1.82) is 0 Å². The fourth-order valence-electron chi connectivity index (χ4n) is 3.17. The lowest BCUT2D eigenvalue weighted by molar-refractivity contribution is -0.121. The third-order valence-corrected chi connectivity index (χ3v) is 4.63. The van der Waals surface area contributed by atoms with Gasteiger partial charge < -0.3 is 9.47 Å². The standard InChI is InChI=1S/C18H24O3/c1-11-8-16(13(3)19)17(9-12(11)2)15-7-6-14(20-4)10-18(15)21-5/h6-7,10,16-17H,8-9H2,1-5H3/t16-,17-/m0/s1. The highest BCUT2D eigenvalue weighted by molar-refractivity contribution is 5.80. The number of methoxy groups -OCH3 is 2. The summed E-state index contributed by atoms with van der Waals surface area (Å²) in [5.74, 6) is 2.06. The van der Waals surface area contributed by atoms with Gasteiger partial charge in [-0.05, 0) is 45.2 Å². The molecule has 0 heterocycles. The lowest BCUT2D eigenvalue weighted by Crippen LogP contribution is -2.25. The molecule has 0 bridgehead atoms. The van der Waals surface area contributed by atoms with Crippen LogP contribution in [0.5, 0.6) is 11.5 Å². The Morgan fingerprint density at radius 2 is 1.76 bits per heavy atom. The summed E-state index contributed by atoms with van der Waals surface area (Å²) in [5.41, 5.74) is 3.83. The highest BCUT2D eigenvalue weighted by atomic mass is 16.5. The number of hydrogen-bond acceptors (Lipinski definition) is 3. The third-order valence-electron chi connectivity index (χ3n) is 4.63. The third kappa shape index (κ3) is 3.12. The largest absolute Gasteiger partial charge is 0.497 e. The molecule has 0 radical (unpaired) electrons. The zero-order valence-corrected chi connectivity index (χ0v) is 13.5. The second-order valence-corrected chi connectivity index (χ2v) is 5.90. The predicted octanol–water partition coefficient (Wildman–Crippen LogP) is 4.12. The van der Waals surface area contributed by atoms with Gasteiger partial charge in [-0.25, -0.2) is 0 Å². The van der Waals surface area contributed by atoms with Crippen LogP contribution in [0.2, 0.25) is 0 Å². The summed E-state index contributed by atoms with van der Waals surface area (Å²) in [6, 6.07) is 5.87. The van der Waals surface area contributed by atoms with Crippen LogP contribution in [0.15, 0.2) is 29.3 Å². The molecule has 0 spiro atoms. The molecule has 3 nitrogen and oxygen atoms in total. The van der Waals surface area contributed by atoms with Crippen molar-refractivity contribution in [1.82, 2.24) is 0 Å². The predicted molar refractivity (Wildman–Crippen MR) is 84.1 cm³/mol. The molecule has 1 aromatic rings. The first-order valence-electron chi connectivity index (χ1n) is 7.35. The van der Waals surface area contributed by atoms with E-state index < -0.39 is 0 Å². The molecule has 0 amide bonds. The number of rotatable bonds is 4. The van der Waals surface area contributed by atoms with Crippen molar-refractivity contribution in [2.24, 2.45) is 5.92 Å². The molecule has 0 aromatic heterocycles. The number of hydrogen-bond donors (Lipinski definition) is 0. The molecule has 2 atom stereocenters. The minimum absolute atomic E-state index is 0.0380. The molecule has 0 aliphatic heterocycles. The molecule has 3 heteroatoms. The fourth-order valence-corrected chi connectivity index (χ4v) is 3.17. The van der Waals surface area contributed by atoms with Crippen LogP contribution in [0, 0.1) is 5.92 Å². The summed E-state index contributed by atoms with van der Waals surface area (Å²) < 4.78 is 10.8. The minimum Gasteiger partial charge on any atom is -0.497 e. The smallest absolute Gasteiger partial charge is 0.133 e. The van der Waals surface area contributed by atoms with Gasteiger partial charge in [0.2, 0.25) is 0 Å². The number of benzene rings is 1. The van der Waals surface area contributed by atoms with Crippen LogP contribution < -0.4 is 9.47 Å². The first-order chi connectivity index (χ1) is 9.97. The van der Waals surface area contributed by atoms with Crippen LogP contribution in [-0.4, -0.2) is 20.0 Å². The molecule has 1 aliphatic carbocycles. The Bertz CT molecular complexity index is 572. The molecule has 1 aromatic carbocycles. The second-order valence-electron chi connectivity index (χ2n) is 5.90. The van der Waals surface area contributed by atoms with Gasteiger partial charge in [0.25, 0.3) is 0 Å². The van der Waals surface area contributed by atoms with E-state index in [2.05, 4.69) is 13.8 Å². The number of Topliss-reactive ketones (excluding diaryl/α,β-unsaturated/α-hetero) is 1. The van der Waals surface area contributed by atoms with E-state index in [1.165, 1.54) is 11.1 Å². The van der Waals surface area contributed by atoms with E-state index in [9.17, 15) is 4.79 Å². The first kappa shape index (κ1) is 15.6. The van der Waals surface area contributed by atoms with Crippen molar-refractivity contribution < 1.29 is 14.3 Å². The number of carbonyl (C=O) groups excluding carboxylic acids is 1. The lowest BCUT2D eigenvalue weighted by atomic mass is 9.71. The molecule has 114 valence electrons. The molecule has 0 fully saturated rings. The average molecular weight is 288 g/mol. The van der Waals surface area contributed by atoms with Gasteiger partial charge in [-0.15, -0.1) is 0 Å².